The highest BCUT2D eigenvalue weighted by Crippen LogP contribution is 2.08. The average Bonchev–Trinajstić information content (AvgIpc) is 2.86. The number of aromatic nitrogens is 2. The summed E-state index contributed by atoms with van der Waals surface area (Å²) in [6, 6.07) is 0.592. The zero-order valence-electron chi connectivity index (χ0n) is 11.9. The largest absolute Gasteiger partial charge is 0.365 e. The lowest BCUT2D eigenvalue weighted by molar-refractivity contribution is 0.509. The molecule has 0 bridgehead atoms. The highest BCUT2D eigenvalue weighted by molar-refractivity contribution is 5.30. The van der Waals surface area contributed by atoms with Crippen LogP contribution in [0.1, 0.15) is 33.1 Å². The zero-order chi connectivity index (χ0) is 13.7. The normalized spacial score (nSPS) is 19.0. The summed E-state index contributed by atoms with van der Waals surface area (Å²) in [5.74, 6) is 0.928. The zero-order valence-corrected chi connectivity index (χ0v) is 11.9. The first-order chi connectivity index (χ1) is 9.16. The molecule has 1 fully saturated rings. The average molecular weight is 264 g/mol. The first-order valence-electron chi connectivity index (χ1n) is 7.19. The predicted molar refractivity (Wildman–Crippen MR) is 77.5 cm³/mol. The number of nitrogens with zero attached hydrogens (tertiary/aromatic N) is 2. The molecule has 1 aliphatic rings. The van der Waals surface area contributed by atoms with Crippen LogP contribution < -0.4 is 16.2 Å². The molecule has 0 amide bonds. The van der Waals surface area contributed by atoms with E-state index in [1.54, 1.807) is 17.0 Å². The quantitative estimate of drug-likeness (QED) is 0.816. The highest BCUT2D eigenvalue weighted by Gasteiger charge is 2.13. The predicted octanol–water partition coefficient (Wildman–Crippen LogP) is 1.45. The molecule has 0 aromatic carbocycles. The molecule has 0 radical (unpaired) electrons. The van der Waals surface area contributed by atoms with Crippen LogP contribution in [-0.4, -0.2) is 28.7 Å². The van der Waals surface area contributed by atoms with E-state index in [0.717, 1.165) is 26.1 Å². The van der Waals surface area contributed by atoms with Crippen LogP contribution >= 0.6 is 0 Å². The summed E-state index contributed by atoms with van der Waals surface area (Å²) in [5.41, 5.74) is -0.0180. The molecule has 0 saturated carbocycles. The van der Waals surface area contributed by atoms with E-state index in [2.05, 4.69) is 29.5 Å². The molecule has 1 atom stereocenters. The molecular weight excluding hydrogens is 240 g/mol. The van der Waals surface area contributed by atoms with E-state index >= 15 is 0 Å². The molecule has 1 aliphatic heterocycles. The number of nitrogens with one attached hydrogen (secondary N) is 2. The molecule has 19 heavy (non-hydrogen) atoms. The van der Waals surface area contributed by atoms with E-state index in [1.165, 1.54) is 12.8 Å². The third kappa shape index (κ3) is 4.06. The first-order valence-corrected chi connectivity index (χ1v) is 7.19. The van der Waals surface area contributed by atoms with Gasteiger partial charge in [0.1, 0.15) is 0 Å². The van der Waals surface area contributed by atoms with E-state index < -0.39 is 0 Å². The van der Waals surface area contributed by atoms with Gasteiger partial charge in [0.05, 0.1) is 0 Å². The number of anilines is 1. The van der Waals surface area contributed by atoms with Crippen LogP contribution in [0.2, 0.25) is 0 Å². The van der Waals surface area contributed by atoms with Crippen molar-refractivity contribution in [2.24, 2.45) is 5.92 Å². The van der Waals surface area contributed by atoms with Crippen molar-refractivity contribution >= 4 is 5.82 Å². The Balaban J connectivity index is 1.90. The maximum Gasteiger partial charge on any atom is 0.293 e. The smallest absolute Gasteiger partial charge is 0.293 e. The second kappa shape index (κ2) is 6.70. The monoisotopic (exact) mass is 264 g/mol. The van der Waals surface area contributed by atoms with Gasteiger partial charge in [0.25, 0.3) is 5.56 Å². The molecule has 2 rings (SSSR count). The summed E-state index contributed by atoms with van der Waals surface area (Å²) < 4.78 is 1.73. The Morgan fingerprint density at radius 1 is 1.58 bits per heavy atom. The Kier molecular flexibility index (Phi) is 4.96. The third-order valence-corrected chi connectivity index (χ3v) is 3.42. The van der Waals surface area contributed by atoms with Crippen molar-refractivity contribution < 1.29 is 0 Å². The lowest BCUT2D eigenvalue weighted by Crippen LogP contribution is -2.28. The molecule has 2 heterocycles. The number of hydrogen-bond acceptors (Lipinski definition) is 4. The minimum Gasteiger partial charge on any atom is -0.365 e. The van der Waals surface area contributed by atoms with Gasteiger partial charge < -0.3 is 15.2 Å². The third-order valence-electron chi connectivity index (χ3n) is 3.42. The summed E-state index contributed by atoms with van der Waals surface area (Å²) >= 11 is 0. The van der Waals surface area contributed by atoms with Gasteiger partial charge >= 0.3 is 0 Å². The van der Waals surface area contributed by atoms with Crippen molar-refractivity contribution in [3.05, 3.63) is 22.7 Å². The van der Waals surface area contributed by atoms with Crippen molar-refractivity contribution in [1.82, 2.24) is 14.9 Å². The van der Waals surface area contributed by atoms with Crippen LogP contribution in [0.25, 0.3) is 0 Å². The summed E-state index contributed by atoms with van der Waals surface area (Å²) in [6.07, 6.45) is 6.99. The lowest BCUT2D eigenvalue weighted by atomic mass is 10.1. The van der Waals surface area contributed by atoms with Crippen LogP contribution in [0.15, 0.2) is 17.2 Å². The van der Waals surface area contributed by atoms with Gasteiger partial charge in [0.2, 0.25) is 0 Å². The van der Waals surface area contributed by atoms with E-state index in [0.29, 0.717) is 17.8 Å². The molecule has 5 nitrogen and oxygen atoms in total. The first kappa shape index (κ1) is 14.1. The van der Waals surface area contributed by atoms with Gasteiger partial charge in [-0.3, -0.25) is 4.79 Å². The Morgan fingerprint density at radius 3 is 3.11 bits per heavy atom. The molecule has 1 aromatic rings. The van der Waals surface area contributed by atoms with Gasteiger partial charge in [-0.2, -0.15) is 0 Å². The van der Waals surface area contributed by atoms with E-state index in [4.69, 9.17) is 0 Å². The minimum absolute atomic E-state index is 0.0180. The van der Waals surface area contributed by atoms with Gasteiger partial charge in [-0.05, 0) is 31.7 Å². The summed E-state index contributed by atoms with van der Waals surface area (Å²) in [6.45, 7) is 6.86. The molecule has 2 N–H and O–H groups in total. The van der Waals surface area contributed by atoms with Crippen molar-refractivity contribution in [1.29, 1.82) is 0 Å². The molecule has 0 aliphatic carbocycles. The van der Waals surface area contributed by atoms with Gasteiger partial charge in [0, 0.05) is 31.5 Å². The summed E-state index contributed by atoms with van der Waals surface area (Å²) in [4.78, 5) is 16.3. The fourth-order valence-corrected chi connectivity index (χ4v) is 2.47. The molecule has 106 valence electrons. The summed E-state index contributed by atoms with van der Waals surface area (Å²) in [7, 11) is 0. The maximum absolute atomic E-state index is 12.2. The van der Waals surface area contributed by atoms with Gasteiger partial charge in [-0.15, -0.1) is 0 Å². The van der Waals surface area contributed by atoms with Crippen molar-refractivity contribution in [2.75, 3.05) is 18.4 Å². The van der Waals surface area contributed by atoms with Crippen molar-refractivity contribution in [2.45, 2.75) is 45.7 Å². The molecule has 1 saturated heterocycles. The Bertz CT molecular complexity index is 449. The molecule has 5 heteroatoms. The Hall–Kier alpha value is -1.36. The number of hydrogen-bond donors (Lipinski definition) is 2. The molecule has 1 unspecified atom stereocenters. The van der Waals surface area contributed by atoms with Crippen LogP contribution in [0, 0.1) is 5.92 Å². The van der Waals surface area contributed by atoms with Crippen LogP contribution in [-0.2, 0) is 6.54 Å². The van der Waals surface area contributed by atoms with Crippen molar-refractivity contribution in [3.8, 4) is 0 Å². The van der Waals surface area contributed by atoms with Gasteiger partial charge in [-0.25, -0.2) is 4.98 Å². The second-order valence-corrected chi connectivity index (χ2v) is 5.64. The number of rotatable bonds is 6. The van der Waals surface area contributed by atoms with Crippen LogP contribution in [0.4, 0.5) is 5.82 Å². The Labute approximate surface area is 114 Å². The lowest BCUT2D eigenvalue weighted by Gasteiger charge is -2.12. The standard InChI is InChI=1S/C14H24N4O/c1-11(2)10-18-9-8-17-13(14(18)19)16-7-5-12-4-3-6-15-12/h8-9,11-12,15H,3-7,10H2,1-2H3,(H,16,17). The van der Waals surface area contributed by atoms with E-state index in [1.807, 2.05) is 0 Å². The van der Waals surface area contributed by atoms with Crippen LogP contribution in [0.3, 0.4) is 0 Å². The topological polar surface area (TPSA) is 59.0 Å². The van der Waals surface area contributed by atoms with E-state index in [9.17, 15) is 4.79 Å². The molecule has 0 spiro atoms. The minimum atomic E-state index is -0.0180. The second-order valence-electron chi connectivity index (χ2n) is 5.64. The van der Waals surface area contributed by atoms with E-state index in [-0.39, 0.29) is 5.56 Å². The summed E-state index contributed by atoms with van der Waals surface area (Å²) in [5, 5.41) is 6.62. The highest BCUT2D eigenvalue weighted by atomic mass is 16.1. The SMILES string of the molecule is CC(C)Cn1ccnc(NCCC2CCCN2)c1=O. The molecule has 1 aromatic heterocycles. The van der Waals surface area contributed by atoms with Crippen LogP contribution in [0.5, 0.6) is 0 Å². The molecular formula is C14H24N4O. The van der Waals surface area contributed by atoms with Crippen molar-refractivity contribution in [3.63, 3.8) is 0 Å². The fourth-order valence-electron chi connectivity index (χ4n) is 2.47. The maximum atomic E-state index is 12.2. The van der Waals surface area contributed by atoms with Gasteiger partial charge in [0.15, 0.2) is 5.82 Å². The van der Waals surface area contributed by atoms with Gasteiger partial charge in [-0.1, -0.05) is 13.8 Å². The Morgan fingerprint density at radius 2 is 2.42 bits per heavy atom. The fraction of sp³-hybridized carbons (Fsp3) is 0.714.